The monoisotopic (exact) mass is 876 g/mol. The first kappa shape index (κ1) is 43.0. The van der Waals surface area contributed by atoms with Crippen molar-refractivity contribution in [3.63, 3.8) is 0 Å². The van der Waals surface area contributed by atoms with E-state index in [0.717, 1.165) is 37.6 Å². The predicted molar refractivity (Wildman–Crippen MR) is 206 cm³/mol. The molecule has 49 heavy (non-hydrogen) atoms. The molecule has 4 rings (SSSR count). The molecule has 0 N–H and O–H groups in total. The van der Waals surface area contributed by atoms with E-state index in [9.17, 15) is 0 Å². The van der Waals surface area contributed by atoms with Gasteiger partial charge in [-0.15, -0.1) is 0 Å². The molecule has 0 bridgehead atoms. The average molecular weight is 882 g/mol. The Kier molecular flexibility index (Phi) is 18.7. The fourth-order valence-corrected chi connectivity index (χ4v) is 4.91. The standard InChI is InChI=1S/2C16H16Cl2N3O.4ClH.Zn/c2*1-3-21(4-2)15-9-13(18)14(20-19)10-16(15)22-12-7-5-11(17)6-8-12;;;;;/h2*5-10H,3-4H2,1-2H3;4*1H;/q2*+1;;;;;+2/p-4. The first-order chi connectivity index (χ1) is 23.2. The summed E-state index contributed by atoms with van der Waals surface area (Å²) in [5.41, 5.74) is 2.22. The summed E-state index contributed by atoms with van der Waals surface area (Å²) in [6.45, 7) is 11.4. The fraction of sp³-hybridized carbons (Fsp3) is 0.250. The van der Waals surface area contributed by atoms with E-state index in [1.165, 1.54) is 0 Å². The van der Waals surface area contributed by atoms with Crippen molar-refractivity contribution >= 4 is 108 Å². The SMILES string of the molecule is CCN(CC)c1cc(Cl)c([N+]#N)cc1Oc1ccc(Cl)cc1.CCN(CC)c1cc(Cl)c([N+]#N)cc1Oc1ccc(Cl)cc1.[Cl][Zn-2]([Cl])([Cl])[Cl]. The minimum atomic E-state index is -3.36. The number of halogens is 8. The third-order valence-electron chi connectivity index (χ3n) is 6.56. The predicted octanol–water partition coefficient (Wildman–Crippen LogP) is 15.0. The number of diazo groups is 2. The van der Waals surface area contributed by atoms with Gasteiger partial charge in [-0.2, -0.15) is 0 Å². The van der Waals surface area contributed by atoms with Crippen LogP contribution >= 0.6 is 85.2 Å². The summed E-state index contributed by atoms with van der Waals surface area (Å²) >= 11 is 24.0. The molecule has 0 saturated heterocycles. The van der Waals surface area contributed by atoms with Crippen molar-refractivity contribution in [2.24, 2.45) is 0 Å². The van der Waals surface area contributed by atoms with Gasteiger partial charge in [-0.25, -0.2) is 0 Å². The maximum atomic E-state index is 9.04. The van der Waals surface area contributed by atoms with Gasteiger partial charge in [0.15, 0.2) is 21.5 Å². The molecule has 0 aliphatic carbocycles. The van der Waals surface area contributed by atoms with E-state index < -0.39 is 10.8 Å². The van der Waals surface area contributed by atoms with Crippen molar-refractivity contribution in [2.75, 3.05) is 36.0 Å². The summed E-state index contributed by atoms with van der Waals surface area (Å²) < 4.78 is 11.8. The molecule has 0 atom stereocenters. The molecule has 0 heterocycles. The maximum absolute atomic E-state index is 9.04. The van der Waals surface area contributed by atoms with Crippen molar-refractivity contribution < 1.29 is 20.3 Å². The molecule has 0 aliphatic rings. The van der Waals surface area contributed by atoms with Gasteiger partial charge < -0.3 is 19.3 Å². The van der Waals surface area contributed by atoms with Gasteiger partial charge >= 0.3 is 61.0 Å². The molecule has 0 amide bonds. The van der Waals surface area contributed by atoms with Gasteiger partial charge in [-0.05, 0) is 88.4 Å². The van der Waals surface area contributed by atoms with Crippen LogP contribution in [0.4, 0.5) is 22.7 Å². The van der Waals surface area contributed by atoms with E-state index in [0.29, 0.717) is 43.1 Å². The van der Waals surface area contributed by atoms with Crippen LogP contribution < -0.4 is 19.3 Å². The number of ether oxygens (including phenoxy) is 2. The van der Waals surface area contributed by atoms with Crippen molar-refractivity contribution in [2.45, 2.75) is 27.7 Å². The molecular weight excluding hydrogens is 849 g/mol. The second-order valence-corrected chi connectivity index (χ2v) is 39.2. The molecule has 4 aromatic rings. The zero-order valence-electron chi connectivity index (χ0n) is 27.0. The summed E-state index contributed by atoms with van der Waals surface area (Å²) in [5.74, 6) is 2.43. The summed E-state index contributed by atoms with van der Waals surface area (Å²) in [4.78, 5) is 10.6. The molecule has 0 saturated carbocycles. The molecule has 0 unspecified atom stereocenters. The van der Waals surface area contributed by atoms with E-state index >= 15 is 0 Å². The van der Waals surface area contributed by atoms with Crippen LogP contribution in [0.3, 0.4) is 0 Å². The normalized spacial score (nSPS) is 10.3. The molecule has 17 heteroatoms. The molecule has 4 aromatic carbocycles. The van der Waals surface area contributed by atoms with Gasteiger partial charge in [0.05, 0.1) is 23.5 Å². The van der Waals surface area contributed by atoms with Gasteiger partial charge in [0, 0.05) is 36.2 Å². The Morgan fingerprint density at radius 3 is 1.08 bits per heavy atom. The Balaban J connectivity index is 0.000000299. The van der Waals surface area contributed by atoms with Gasteiger partial charge in [0.25, 0.3) is 0 Å². The first-order valence-electron chi connectivity index (χ1n) is 15.0. The van der Waals surface area contributed by atoms with Crippen molar-refractivity contribution in [1.82, 2.24) is 0 Å². The van der Waals surface area contributed by atoms with Crippen LogP contribution in [0.1, 0.15) is 27.7 Å². The van der Waals surface area contributed by atoms with Gasteiger partial charge in [0.1, 0.15) is 21.5 Å². The number of anilines is 2. The Hall–Kier alpha value is -2.14. The molecule has 0 radical (unpaired) electrons. The Morgan fingerprint density at radius 2 is 0.837 bits per heavy atom. The summed E-state index contributed by atoms with van der Waals surface area (Å²) in [6.07, 6.45) is 0. The van der Waals surface area contributed by atoms with Crippen LogP contribution in [0.25, 0.3) is 9.95 Å². The quantitative estimate of drug-likeness (QED) is 0.117. The Morgan fingerprint density at radius 1 is 0.551 bits per heavy atom. The molecule has 260 valence electrons. The number of hydrogen-bond acceptors (Lipinski definition) is 6. The summed E-state index contributed by atoms with van der Waals surface area (Å²) in [6, 6.07) is 20.8. The van der Waals surface area contributed by atoms with Crippen molar-refractivity contribution in [1.29, 1.82) is 10.8 Å². The molecular formula is C32H32Cl8N6O2Zn. The molecule has 0 aromatic heterocycles. The second-order valence-electron chi connectivity index (χ2n) is 9.81. The average Bonchev–Trinajstić information content (AvgIpc) is 3.06. The van der Waals surface area contributed by atoms with Crippen LogP contribution in [0.2, 0.25) is 20.1 Å². The van der Waals surface area contributed by atoms with Crippen molar-refractivity contribution in [3.05, 3.63) is 103 Å². The fourth-order valence-electron chi connectivity index (χ4n) is 4.26. The zero-order valence-corrected chi connectivity index (χ0v) is 36.0. The first-order valence-corrected chi connectivity index (χ1v) is 32.1. The third kappa shape index (κ3) is 14.6. The van der Waals surface area contributed by atoms with Crippen LogP contribution in [-0.4, -0.2) is 26.2 Å². The van der Waals surface area contributed by atoms with E-state index in [1.807, 2.05) is 27.7 Å². The molecule has 0 spiro atoms. The number of nitrogens with zero attached hydrogens (tertiary/aromatic N) is 6. The number of hydrogen-bond donors (Lipinski definition) is 0. The van der Waals surface area contributed by atoms with E-state index in [1.54, 1.807) is 72.8 Å². The minimum absolute atomic E-state index is 0.265. The van der Waals surface area contributed by atoms with E-state index in [-0.39, 0.29) is 11.4 Å². The topological polar surface area (TPSA) is 81.2 Å². The van der Waals surface area contributed by atoms with Gasteiger partial charge in [-0.3, -0.25) is 0 Å². The Bertz CT molecular complexity index is 1610. The number of benzene rings is 4. The second kappa shape index (κ2) is 21.3. The van der Waals surface area contributed by atoms with Crippen LogP contribution in [-0.2, 0) is 10.8 Å². The Labute approximate surface area is 325 Å². The summed E-state index contributed by atoms with van der Waals surface area (Å²) in [5, 5.41) is 20.1. The van der Waals surface area contributed by atoms with E-state index in [2.05, 4.69) is 19.8 Å². The van der Waals surface area contributed by atoms with Gasteiger partial charge in [0.2, 0.25) is 10.8 Å². The molecule has 0 aliphatic heterocycles. The zero-order chi connectivity index (χ0) is 36.7. The van der Waals surface area contributed by atoms with Crippen molar-refractivity contribution in [3.8, 4) is 23.0 Å². The molecule has 0 fully saturated rings. The van der Waals surface area contributed by atoms with Gasteiger partial charge in [-0.1, -0.05) is 46.4 Å². The van der Waals surface area contributed by atoms with Crippen LogP contribution in [0, 0.1) is 10.8 Å². The third-order valence-corrected chi connectivity index (χ3v) is 7.67. The molecule has 8 nitrogen and oxygen atoms in total. The van der Waals surface area contributed by atoms with Crippen LogP contribution in [0.5, 0.6) is 23.0 Å². The van der Waals surface area contributed by atoms with Crippen LogP contribution in [0.15, 0.2) is 72.8 Å². The van der Waals surface area contributed by atoms with E-state index in [4.69, 9.17) is 105 Å². The number of rotatable bonds is 10. The summed E-state index contributed by atoms with van der Waals surface area (Å²) in [7, 11) is 16.8.